The predicted octanol–water partition coefficient (Wildman–Crippen LogP) is 3.49. The molecule has 0 amide bonds. The van der Waals surface area contributed by atoms with Crippen molar-refractivity contribution in [3.8, 4) is 11.4 Å². The number of rotatable bonds is 5. The van der Waals surface area contributed by atoms with Gasteiger partial charge in [-0.2, -0.15) is 13.2 Å². The summed E-state index contributed by atoms with van der Waals surface area (Å²) in [6.07, 6.45) is -2.69. The van der Waals surface area contributed by atoms with Gasteiger partial charge in [0.05, 0.1) is 16.5 Å². The van der Waals surface area contributed by atoms with Crippen molar-refractivity contribution in [2.45, 2.75) is 30.0 Å². The van der Waals surface area contributed by atoms with Gasteiger partial charge in [0.25, 0.3) is 10.0 Å². The third-order valence-corrected chi connectivity index (χ3v) is 5.61. The van der Waals surface area contributed by atoms with Crippen LogP contribution in [0.3, 0.4) is 0 Å². The number of sulfonamides is 1. The second kappa shape index (κ2) is 6.59. The van der Waals surface area contributed by atoms with E-state index < -0.39 is 26.7 Å². The molecule has 2 aromatic carbocycles. The van der Waals surface area contributed by atoms with Crippen LogP contribution in [-0.2, 0) is 16.2 Å². The number of alkyl halides is 3. The summed E-state index contributed by atoms with van der Waals surface area (Å²) in [7, 11) is -4.20. The molecular formula is C17H14F3N5O2S. The van der Waals surface area contributed by atoms with Crippen LogP contribution < -0.4 is 4.72 Å². The zero-order chi connectivity index (χ0) is 19.9. The van der Waals surface area contributed by atoms with Crippen LogP contribution in [0.5, 0.6) is 0 Å². The second-order valence-electron chi connectivity index (χ2n) is 6.39. The average molecular weight is 409 g/mol. The topological polar surface area (TPSA) is 89.8 Å². The number of nitrogens with one attached hydrogen (secondary N) is 1. The van der Waals surface area contributed by atoms with Crippen molar-refractivity contribution in [3.63, 3.8) is 0 Å². The van der Waals surface area contributed by atoms with Crippen molar-refractivity contribution in [1.82, 2.24) is 20.2 Å². The molecule has 4 rings (SSSR count). The Morgan fingerprint density at radius 1 is 1.07 bits per heavy atom. The SMILES string of the molecule is O=S(=O)(Nc1cccc(-c2nnnn2C2CC2)c1)c1cccc(C(F)(F)F)c1. The Morgan fingerprint density at radius 3 is 2.54 bits per heavy atom. The molecule has 0 atom stereocenters. The number of hydrogen-bond acceptors (Lipinski definition) is 5. The molecule has 0 aliphatic heterocycles. The Balaban J connectivity index is 1.63. The summed E-state index contributed by atoms with van der Waals surface area (Å²) in [6.45, 7) is 0. The molecule has 0 bridgehead atoms. The lowest BCUT2D eigenvalue weighted by Crippen LogP contribution is -2.14. The quantitative estimate of drug-likeness (QED) is 0.697. The molecule has 0 radical (unpaired) electrons. The monoisotopic (exact) mass is 409 g/mol. The molecule has 146 valence electrons. The third-order valence-electron chi connectivity index (χ3n) is 4.23. The molecule has 1 heterocycles. The van der Waals surface area contributed by atoms with Crippen LogP contribution in [0.2, 0.25) is 0 Å². The van der Waals surface area contributed by atoms with Gasteiger partial charge in [-0.15, -0.1) is 5.10 Å². The lowest BCUT2D eigenvalue weighted by molar-refractivity contribution is -0.137. The Kier molecular flexibility index (Phi) is 4.33. The van der Waals surface area contributed by atoms with E-state index in [9.17, 15) is 21.6 Å². The highest BCUT2D eigenvalue weighted by atomic mass is 32.2. The summed E-state index contributed by atoms with van der Waals surface area (Å²) >= 11 is 0. The number of anilines is 1. The fourth-order valence-corrected chi connectivity index (χ4v) is 3.82. The van der Waals surface area contributed by atoms with E-state index in [2.05, 4.69) is 20.2 Å². The fourth-order valence-electron chi connectivity index (χ4n) is 2.72. The van der Waals surface area contributed by atoms with Crippen molar-refractivity contribution >= 4 is 15.7 Å². The predicted molar refractivity (Wildman–Crippen MR) is 93.8 cm³/mol. The van der Waals surface area contributed by atoms with Crippen LogP contribution in [0.15, 0.2) is 53.4 Å². The first-order valence-electron chi connectivity index (χ1n) is 8.32. The maximum absolute atomic E-state index is 12.9. The summed E-state index contributed by atoms with van der Waals surface area (Å²) in [5, 5.41) is 11.6. The van der Waals surface area contributed by atoms with E-state index in [0.29, 0.717) is 17.5 Å². The van der Waals surface area contributed by atoms with Crippen LogP contribution >= 0.6 is 0 Å². The van der Waals surface area contributed by atoms with Gasteiger partial charge in [0.1, 0.15) is 0 Å². The van der Waals surface area contributed by atoms with Gasteiger partial charge in [0, 0.05) is 11.3 Å². The highest BCUT2D eigenvalue weighted by Crippen LogP contribution is 2.37. The minimum Gasteiger partial charge on any atom is -0.280 e. The molecule has 0 unspecified atom stereocenters. The molecule has 1 saturated carbocycles. The summed E-state index contributed by atoms with van der Waals surface area (Å²) in [5.41, 5.74) is -0.242. The van der Waals surface area contributed by atoms with Crippen LogP contribution in [-0.4, -0.2) is 28.6 Å². The number of hydrogen-bond donors (Lipinski definition) is 1. The van der Waals surface area contributed by atoms with E-state index >= 15 is 0 Å². The first-order valence-corrected chi connectivity index (χ1v) is 9.81. The van der Waals surface area contributed by atoms with Crippen molar-refractivity contribution in [1.29, 1.82) is 0 Å². The summed E-state index contributed by atoms with van der Waals surface area (Å²) < 4.78 is 67.7. The van der Waals surface area contributed by atoms with Crippen molar-refractivity contribution in [2.24, 2.45) is 0 Å². The molecule has 28 heavy (non-hydrogen) atoms. The number of benzene rings is 2. The van der Waals surface area contributed by atoms with E-state index in [-0.39, 0.29) is 11.7 Å². The number of nitrogens with zero attached hydrogens (tertiary/aromatic N) is 4. The molecule has 1 fully saturated rings. The van der Waals surface area contributed by atoms with Crippen molar-refractivity contribution in [3.05, 3.63) is 54.1 Å². The molecule has 1 N–H and O–H groups in total. The normalized spacial score (nSPS) is 14.8. The molecule has 0 saturated heterocycles. The summed E-state index contributed by atoms with van der Waals surface area (Å²) in [5.74, 6) is 0.502. The molecule has 0 spiro atoms. The second-order valence-corrected chi connectivity index (χ2v) is 8.07. The van der Waals surface area contributed by atoms with E-state index in [1.54, 1.807) is 16.8 Å². The zero-order valence-electron chi connectivity index (χ0n) is 14.3. The molecule has 1 aliphatic carbocycles. The van der Waals surface area contributed by atoms with Crippen LogP contribution in [0, 0.1) is 0 Å². The Bertz CT molecular complexity index is 1120. The van der Waals surface area contributed by atoms with Gasteiger partial charge in [0.2, 0.25) is 0 Å². The lowest BCUT2D eigenvalue weighted by atomic mass is 10.2. The smallest absolute Gasteiger partial charge is 0.280 e. The number of halogens is 3. The Morgan fingerprint density at radius 2 is 1.82 bits per heavy atom. The van der Waals surface area contributed by atoms with Gasteiger partial charge in [-0.05, 0) is 53.6 Å². The van der Waals surface area contributed by atoms with Crippen LogP contribution in [0.25, 0.3) is 11.4 Å². The van der Waals surface area contributed by atoms with Gasteiger partial charge in [-0.25, -0.2) is 13.1 Å². The van der Waals surface area contributed by atoms with Gasteiger partial charge in [-0.1, -0.05) is 18.2 Å². The Labute approximate surface area is 158 Å². The van der Waals surface area contributed by atoms with Crippen LogP contribution in [0.1, 0.15) is 24.4 Å². The third kappa shape index (κ3) is 3.70. The van der Waals surface area contributed by atoms with E-state index in [1.807, 2.05) is 0 Å². The summed E-state index contributed by atoms with van der Waals surface area (Å²) in [6, 6.07) is 10.2. The first-order chi connectivity index (χ1) is 13.2. The maximum atomic E-state index is 12.9. The van der Waals surface area contributed by atoms with Gasteiger partial charge < -0.3 is 0 Å². The molecule has 11 heteroatoms. The standard InChI is InChI=1S/C17H14F3N5O2S/c18-17(19,20)12-4-2-6-15(10-12)28(26,27)22-13-5-1-3-11(9-13)16-21-23-24-25(16)14-7-8-14/h1-6,9-10,14,22H,7-8H2. The molecule has 7 nitrogen and oxygen atoms in total. The largest absolute Gasteiger partial charge is 0.416 e. The first kappa shape index (κ1) is 18.4. The molecule has 1 aromatic heterocycles. The van der Waals surface area contributed by atoms with Crippen molar-refractivity contribution < 1.29 is 21.6 Å². The highest BCUT2D eigenvalue weighted by Gasteiger charge is 2.32. The molecule has 3 aromatic rings. The minimum atomic E-state index is -4.63. The molecule has 1 aliphatic rings. The maximum Gasteiger partial charge on any atom is 0.416 e. The summed E-state index contributed by atoms with van der Waals surface area (Å²) in [4.78, 5) is -0.476. The fraction of sp³-hybridized carbons (Fsp3) is 0.235. The van der Waals surface area contributed by atoms with Gasteiger partial charge in [0.15, 0.2) is 5.82 Å². The van der Waals surface area contributed by atoms with E-state index in [1.165, 1.54) is 12.1 Å². The van der Waals surface area contributed by atoms with Gasteiger partial charge >= 0.3 is 6.18 Å². The minimum absolute atomic E-state index is 0.195. The lowest BCUT2D eigenvalue weighted by Gasteiger charge is -2.12. The number of tetrazole rings is 1. The molecular weight excluding hydrogens is 395 g/mol. The zero-order valence-corrected chi connectivity index (χ0v) is 15.1. The average Bonchev–Trinajstić information content (AvgIpc) is 3.37. The number of aromatic nitrogens is 4. The Hall–Kier alpha value is -2.95. The van der Waals surface area contributed by atoms with Gasteiger partial charge in [-0.3, -0.25) is 4.72 Å². The van der Waals surface area contributed by atoms with Crippen LogP contribution in [0.4, 0.5) is 18.9 Å². The van der Waals surface area contributed by atoms with Crippen molar-refractivity contribution in [2.75, 3.05) is 4.72 Å². The highest BCUT2D eigenvalue weighted by molar-refractivity contribution is 7.92. The van der Waals surface area contributed by atoms with E-state index in [0.717, 1.165) is 31.0 Å². The van der Waals surface area contributed by atoms with E-state index in [4.69, 9.17) is 0 Å².